The van der Waals surface area contributed by atoms with Crippen LogP contribution in [0.4, 0.5) is 0 Å². The number of aromatic nitrogens is 8. The van der Waals surface area contributed by atoms with Crippen LogP contribution < -0.4 is 4.74 Å². The van der Waals surface area contributed by atoms with Gasteiger partial charge in [0, 0.05) is 11.8 Å². The monoisotopic (exact) mass is 520 g/mol. The number of carbonyl (C=O) groups is 1. The first-order valence-corrected chi connectivity index (χ1v) is 12.4. The van der Waals surface area contributed by atoms with Gasteiger partial charge < -0.3 is 9.84 Å². The topological polar surface area (TPSA) is 137 Å². The van der Waals surface area contributed by atoms with E-state index in [-0.39, 0.29) is 5.56 Å². The van der Waals surface area contributed by atoms with Crippen LogP contribution in [-0.4, -0.2) is 57.6 Å². The number of hydrogen-bond donors (Lipinski definition) is 2. The van der Waals surface area contributed by atoms with Crippen molar-refractivity contribution in [1.82, 2.24) is 40.0 Å². The number of nitrogens with one attached hydrogen (secondary N) is 1. The number of ether oxygens (including phenoxy) is 1. The molecule has 0 spiro atoms. The molecule has 6 aromatic rings. The Bertz CT molecular complexity index is 1790. The lowest BCUT2D eigenvalue weighted by Gasteiger charge is -2.13. The molecule has 11 nitrogen and oxygen atoms in total. The van der Waals surface area contributed by atoms with Crippen LogP contribution >= 0.6 is 0 Å². The summed E-state index contributed by atoms with van der Waals surface area (Å²) in [6, 6.07) is 19.5. The number of para-hydroxylation sites is 1. The van der Waals surface area contributed by atoms with Crippen LogP contribution in [0.2, 0.25) is 0 Å². The number of imidazole rings is 1. The van der Waals surface area contributed by atoms with Gasteiger partial charge >= 0.3 is 5.97 Å². The highest BCUT2D eigenvalue weighted by Crippen LogP contribution is 2.33. The number of tetrazole rings is 1. The molecule has 3 aromatic heterocycles. The second-order valence-electron chi connectivity index (χ2n) is 9.02. The Morgan fingerprint density at radius 2 is 1.92 bits per heavy atom. The lowest BCUT2D eigenvalue weighted by molar-refractivity contribution is 0.0698. The van der Waals surface area contributed by atoms with Gasteiger partial charge in [-0.25, -0.2) is 9.48 Å². The summed E-state index contributed by atoms with van der Waals surface area (Å²) in [6.45, 7) is 4.67. The van der Waals surface area contributed by atoms with Crippen molar-refractivity contribution in [2.75, 3.05) is 6.61 Å². The van der Waals surface area contributed by atoms with Gasteiger partial charge in [0.2, 0.25) is 5.82 Å². The molecule has 2 N–H and O–H groups in total. The summed E-state index contributed by atoms with van der Waals surface area (Å²) in [5.41, 5.74) is 6.91. The van der Waals surface area contributed by atoms with Gasteiger partial charge in [-0.05, 0) is 71.6 Å². The standard InChI is InChI=1S/C28H24N8O3/c1-3-39-28-30-24-6-4-5-22(27(37)38)25(24)35(28)16-18-7-9-19(10-8-18)23-13-20(36-15-17(2)14-29-36)11-12-21(23)26-31-33-34-32-26/h4-15H,3,16H2,1-2H3,(H,37,38)(H,31,32,33,34). The first kappa shape index (κ1) is 24.0. The Kier molecular flexibility index (Phi) is 6.08. The third-order valence-electron chi connectivity index (χ3n) is 6.41. The average Bonchev–Trinajstić information content (AvgIpc) is 3.70. The van der Waals surface area contributed by atoms with Gasteiger partial charge in [-0.15, -0.1) is 10.2 Å². The molecule has 0 aliphatic rings. The van der Waals surface area contributed by atoms with Gasteiger partial charge in [0.15, 0.2) is 0 Å². The summed E-state index contributed by atoms with van der Waals surface area (Å²) in [7, 11) is 0. The molecule has 3 aromatic carbocycles. The predicted octanol–water partition coefficient (Wildman–Crippen LogP) is 4.52. The van der Waals surface area contributed by atoms with Crippen LogP contribution in [-0.2, 0) is 6.54 Å². The first-order chi connectivity index (χ1) is 19.0. The minimum absolute atomic E-state index is 0.179. The van der Waals surface area contributed by atoms with E-state index in [1.54, 1.807) is 18.2 Å². The van der Waals surface area contributed by atoms with Gasteiger partial charge in [0.25, 0.3) is 6.01 Å². The van der Waals surface area contributed by atoms with Gasteiger partial charge in [-0.1, -0.05) is 30.3 Å². The number of rotatable bonds is 8. The van der Waals surface area contributed by atoms with E-state index in [9.17, 15) is 9.90 Å². The van der Waals surface area contributed by atoms with Crippen LogP contribution in [0.5, 0.6) is 6.01 Å². The van der Waals surface area contributed by atoms with E-state index in [4.69, 9.17) is 4.74 Å². The molecule has 0 unspecified atom stereocenters. The molecular weight excluding hydrogens is 496 g/mol. The maximum absolute atomic E-state index is 11.9. The molecule has 0 radical (unpaired) electrons. The van der Waals surface area contributed by atoms with Crippen molar-refractivity contribution in [2.24, 2.45) is 0 Å². The lowest BCUT2D eigenvalue weighted by Crippen LogP contribution is -2.08. The summed E-state index contributed by atoms with van der Waals surface area (Å²) >= 11 is 0. The summed E-state index contributed by atoms with van der Waals surface area (Å²) in [5.74, 6) is -0.522. The number of hydrogen-bond acceptors (Lipinski definition) is 7. The number of carboxylic acid groups (broad SMARTS) is 1. The zero-order valence-electron chi connectivity index (χ0n) is 21.2. The molecule has 0 saturated carbocycles. The second kappa shape index (κ2) is 9.86. The fraction of sp³-hybridized carbons (Fsp3) is 0.143. The largest absolute Gasteiger partial charge is 0.478 e. The van der Waals surface area contributed by atoms with E-state index in [1.165, 1.54) is 0 Å². The maximum atomic E-state index is 11.9. The highest BCUT2D eigenvalue weighted by atomic mass is 16.5. The van der Waals surface area contributed by atoms with E-state index in [0.717, 1.165) is 33.5 Å². The van der Waals surface area contributed by atoms with E-state index in [2.05, 4.69) is 30.7 Å². The molecule has 0 aliphatic carbocycles. The van der Waals surface area contributed by atoms with Gasteiger partial charge in [0.05, 0.1) is 41.6 Å². The van der Waals surface area contributed by atoms with E-state index in [1.807, 2.05) is 78.0 Å². The van der Waals surface area contributed by atoms with E-state index < -0.39 is 5.97 Å². The number of H-pyrrole nitrogens is 1. The molecule has 3 heterocycles. The normalized spacial score (nSPS) is 11.2. The number of aromatic carboxylic acids is 1. The summed E-state index contributed by atoms with van der Waals surface area (Å²) < 4.78 is 9.40. The second-order valence-corrected chi connectivity index (χ2v) is 9.02. The molecule has 0 fully saturated rings. The van der Waals surface area contributed by atoms with Crippen molar-refractivity contribution >= 4 is 17.0 Å². The molecule has 11 heteroatoms. The van der Waals surface area contributed by atoms with Crippen molar-refractivity contribution in [3.63, 3.8) is 0 Å². The van der Waals surface area contributed by atoms with Crippen LogP contribution in [0.25, 0.3) is 39.2 Å². The van der Waals surface area contributed by atoms with Crippen LogP contribution in [0.3, 0.4) is 0 Å². The number of fused-ring (bicyclic) bond motifs is 1. The van der Waals surface area contributed by atoms with Gasteiger partial charge in [-0.2, -0.15) is 15.3 Å². The predicted molar refractivity (Wildman–Crippen MR) is 144 cm³/mol. The molecule has 0 bridgehead atoms. The first-order valence-electron chi connectivity index (χ1n) is 12.4. The molecule has 0 atom stereocenters. The van der Waals surface area contributed by atoms with Gasteiger partial charge in [0.1, 0.15) is 0 Å². The lowest BCUT2D eigenvalue weighted by atomic mass is 9.97. The fourth-order valence-electron chi connectivity index (χ4n) is 4.63. The number of aryl methyl sites for hydroxylation is 1. The Morgan fingerprint density at radius 3 is 2.62 bits per heavy atom. The Labute approximate surface area is 222 Å². The minimum atomic E-state index is -1.01. The van der Waals surface area contributed by atoms with E-state index >= 15 is 0 Å². The highest BCUT2D eigenvalue weighted by Gasteiger charge is 2.19. The Morgan fingerprint density at radius 1 is 1.08 bits per heavy atom. The third kappa shape index (κ3) is 4.50. The molecule has 0 amide bonds. The van der Waals surface area contributed by atoms with E-state index in [0.29, 0.717) is 36.0 Å². The fourth-order valence-corrected chi connectivity index (χ4v) is 4.63. The van der Waals surface area contributed by atoms with Crippen molar-refractivity contribution < 1.29 is 14.6 Å². The molecule has 0 aliphatic heterocycles. The Balaban J connectivity index is 1.40. The number of nitrogens with zero attached hydrogens (tertiary/aromatic N) is 7. The maximum Gasteiger partial charge on any atom is 0.337 e. The van der Waals surface area contributed by atoms with Crippen molar-refractivity contribution in [3.8, 4) is 34.2 Å². The summed E-state index contributed by atoms with van der Waals surface area (Å²) in [6.07, 6.45) is 3.78. The van der Waals surface area contributed by atoms with Crippen molar-refractivity contribution in [1.29, 1.82) is 0 Å². The van der Waals surface area contributed by atoms with Crippen molar-refractivity contribution in [3.05, 3.63) is 89.7 Å². The average molecular weight is 521 g/mol. The number of aromatic amines is 1. The van der Waals surface area contributed by atoms with Crippen LogP contribution in [0, 0.1) is 6.92 Å². The van der Waals surface area contributed by atoms with Crippen LogP contribution in [0.15, 0.2) is 73.1 Å². The number of benzene rings is 3. The summed E-state index contributed by atoms with van der Waals surface area (Å²) in [5, 5.41) is 28.8. The summed E-state index contributed by atoms with van der Waals surface area (Å²) in [4.78, 5) is 16.5. The molecular formula is C28H24N8O3. The zero-order valence-corrected chi connectivity index (χ0v) is 21.2. The van der Waals surface area contributed by atoms with Crippen LogP contribution in [0.1, 0.15) is 28.4 Å². The Hall–Kier alpha value is -5.32. The minimum Gasteiger partial charge on any atom is -0.478 e. The SMILES string of the molecule is CCOc1nc2cccc(C(=O)O)c2n1Cc1ccc(-c2cc(-n3cc(C)cn3)ccc2-c2nn[nH]n2)cc1. The molecule has 6 rings (SSSR count). The highest BCUT2D eigenvalue weighted by molar-refractivity contribution is 6.01. The number of carboxylic acids is 1. The smallest absolute Gasteiger partial charge is 0.337 e. The third-order valence-corrected chi connectivity index (χ3v) is 6.41. The quantitative estimate of drug-likeness (QED) is 0.299. The van der Waals surface area contributed by atoms with Gasteiger partial charge in [-0.3, -0.25) is 4.57 Å². The molecule has 0 saturated heterocycles. The molecule has 194 valence electrons. The molecule has 39 heavy (non-hydrogen) atoms. The van der Waals surface area contributed by atoms with Crippen molar-refractivity contribution in [2.45, 2.75) is 20.4 Å². The zero-order chi connectivity index (χ0) is 26.9.